The van der Waals surface area contributed by atoms with Crippen molar-refractivity contribution >= 4 is 11.6 Å². The average molecular weight is 297 g/mol. The van der Waals surface area contributed by atoms with E-state index < -0.39 is 11.4 Å². The molecule has 0 spiro atoms. The predicted molar refractivity (Wildman–Crippen MR) is 77.2 cm³/mol. The first-order valence-corrected chi connectivity index (χ1v) is 6.92. The van der Waals surface area contributed by atoms with Crippen LogP contribution in [-0.4, -0.2) is 14.9 Å². The predicted octanol–water partition coefficient (Wildman–Crippen LogP) is 3.36. The molecular weight excluding hydrogens is 279 g/mol. The quantitative estimate of drug-likeness (QED) is 0.939. The van der Waals surface area contributed by atoms with Gasteiger partial charge in [0.2, 0.25) is 0 Å². The van der Waals surface area contributed by atoms with E-state index in [1.54, 1.807) is 29.9 Å². The van der Waals surface area contributed by atoms with E-state index in [0.717, 1.165) is 11.3 Å². The third-order valence-corrected chi connectivity index (χ3v) is 4.17. The summed E-state index contributed by atoms with van der Waals surface area (Å²) in [5.74, 6) is -0.408. The Labute approximate surface area is 123 Å². The molecule has 0 aliphatic heterocycles. The lowest BCUT2D eigenvalue weighted by Gasteiger charge is -2.28. The summed E-state index contributed by atoms with van der Waals surface area (Å²) in [4.78, 5) is 0. The minimum atomic E-state index is -1.29. The molecule has 20 heavy (non-hydrogen) atoms. The van der Waals surface area contributed by atoms with Crippen LogP contribution in [0.1, 0.15) is 30.2 Å². The third-order valence-electron chi connectivity index (χ3n) is 3.70. The number of hydrogen-bond acceptors (Lipinski definition) is 2. The molecule has 2 aromatic rings. The molecule has 0 amide bonds. The lowest BCUT2D eigenvalue weighted by atomic mass is 9.85. The zero-order valence-electron chi connectivity index (χ0n) is 11.8. The van der Waals surface area contributed by atoms with Crippen molar-refractivity contribution in [2.75, 3.05) is 0 Å². The van der Waals surface area contributed by atoms with Crippen LogP contribution in [0.5, 0.6) is 0 Å². The topological polar surface area (TPSA) is 38.1 Å². The molecule has 1 aromatic heterocycles. The second kappa shape index (κ2) is 5.54. The first kappa shape index (κ1) is 15.0. The Balaban J connectivity index is 2.45. The van der Waals surface area contributed by atoms with Crippen LogP contribution < -0.4 is 0 Å². The molecule has 0 aliphatic carbocycles. The standard InChI is InChI=1S/C15H18ClFN2O/c1-4-15(20,12-7-5-6-8-13(12)17)9-11-10(2)18-19(3)14(11)16/h5-8,20H,4,9H2,1-3H3. The Bertz CT molecular complexity index is 626. The van der Waals surface area contributed by atoms with Crippen LogP contribution in [0.2, 0.25) is 5.15 Å². The summed E-state index contributed by atoms with van der Waals surface area (Å²) in [6.07, 6.45) is 0.627. The van der Waals surface area contributed by atoms with Crippen LogP contribution in [0.15, 0.2) is 24.3 Å². The molecule has 0 bridgehead atoms. The van der Waals surface area contributed by atoms with Crippen LogP contribution in [-0.2, 0) is 19.1 Å². The minimum Gasteiger partial charge on any atom is -0.385 e. The summed E-state index contributed by atoms with van der Waals surface area (Å²) in [6, 6.07) is 6.29. The molecular formula is C15H18ClFN2O. The molecule has 1 heterocycles. The summed E-state index contributed by atoms with van der Waals surface area (Å²) in [7, 11) is 1.74. The van der Waals surface area contributed by atoms with E-state index in [0.29, 0.717) is 17.1 Å². The Kier molecular flexibility index (Phi) is 4.16. The minimum absolute atomic E-state index is 0.239. The van der Waals surface area contributed by atoms with Crippen LogP contribution in [0.3, 0.4) is 0 Å². The van der Waals surface area contributed by atoms with E-state index in [9.17, 15) is 9.50 Å². The third kappa shape index (κ3) is 2.58. The van der Waals surface area contributed by atoms with Gasteiger partial charge in [0, 0.05) is 24.6 Å². The van der Waals surface area contributed by atoms with Gasteiger partial charge in [0.1, 0.15) is 11.0 Å². The Hall–Kier alpha value is -1.39. The SMILES string of the molecule is CCC(O)(Cc1c(C)nn(C)c1Cl)c1ccccc1F. The van der Waals surface area contributed by atoms with E-state index in [1.807, 2.05) is 13.8 Å². The molecule has 1 N–H and O–H groups in total. The normalized spacial score (nSPS) is 14.3. The first-order valence-electron chi connectivity index (χ1n) is 6.54. The van der Waals surface area contributed by atoms with Gasteiger partial charge in [-0.05, 0) is 19.4 Å². The van der Waals surface area contributed by atoms with Gasteiger partial charge in [0.25, 0.3) is 0 Å². The number of benzene rings is 1. The molecule has 0 radical (unpaired) electrons. The molecule has 2 rings (SSSR count). The summed E-state index contributed by atoms with van der Waals surface area (Å²) in [6.45, 7) is 3.66. The molecule has 3 nitrogen and oxygen atoms in total. The fourth-order valence-corrected chi connectivity index (χ4v) is 2.66. The van der Waals surface area contributed by atoms with E-state index in [-0.39, 0.29) is 6.42 Å². The van der Waals surface area contributed by atoms with E-state index in [4.69, 9.17) is 11.6 Å². The number of aliphatic hydroxyl groups is 1. The van der Waals surface area contributed by atoms with E-state index in [1.165, 1.54) is 6.07 Å². The van der Waals surface area contributed by atoms with Gasteiger partial charge < -0.3 is 5.11 Å². The Morgan fingerprint density at radius 1 is 1.40 bits per heavy atom. The zero-order chi connectivity index (χ0) is 14.9. The molecule has 108 valence electrons. The van der Waals surface area contributed by atoms with Crippen molar-refractivity contribution in [3.8, 4) is 0 Å². The van der Waals surface area contributed by atoms with Crippen LogP contribution in [0.4, 0.5) is 4.39 Å². The van der Waals surface area contributed by atoms with Crippen molar-refractivity contribution in [2.24, 2.45) is 7.05 Å². The van der Waals surface area contributed by atoms with Crippen molar-refractivity contribution in [3.05, 3.63) is 52.1 Å². The van der Waals surface area contributed by atoms with Crippen molar-refractivity contribution in [3.63, 3.8) is 0 Å². The number of nitrogens with zero attached hydrogens (tertiary/aromatic N) is 2. The summed E-state index contributed by atoms with van der Waals surface area (Å²) < 4.78 is 15.5. The lowest BCUT2D eigenvalue weighted by molar-refractivity contribution is 0.0290. The van der Waals surface area contributed by atoms with Crippen molar-refractivity contribution in [1.29, 1.82) is 0 Å². The molecule has 0 saturated carbocycles. The highest BCUT2D eigenvalue weighted by Gasteiger charge is 2.32. The van der Waals surface area contributed by atoms with Crippen LogP contribution >= 0.6 is 11.6 Å². The van der Waals surface area contributed by atoms with Crippen molar-refractivity contribution in [2.45, 2.75) is 32.3 Å². The highest BCUT2D eigenvalue weighted by molar-refractivity contribution is 6.30. The lowest BCUT2D eigenvalue weighted by Crippen LogP contribution is -2.29. The zero-order valence-corrected chi connectivity index (χ0v) is 12.6. The van der Waals surface area contributed by atoms with Gasteiger partial charge in [-0.3, -0.25) is 4.68 Å². The number of halogens is 2. The molecule has 1 aromatic carbocycles. The number of rotatable bonds is 4. The summed E-state index contributed by atoms with van der Waals surface area (Å²) in [5.41, 5.74) is 0.507. The number of aromatic nitrogens is 2. The molecule has 0 saturated heterocycles. The fourth-order valence-electron chi connectivity index (χ4n) is 2.42. The van der Waals surface area contributed by atoms with Gasteiger partial charge in [-0.15, -0.1) is 0 Å². The Morgan fingerprint density at radius 2 is 2.05 bits per heavy atom. The maximum atomic E-state index is 14.0. The van der Waals surface area contributed by atoms with E-state index in [2.05, 4.69) is 5.10 Å². The largest absolute Gasteiger partial charge is 0.385 e. The second-order valence-corrected chi connectivity index (χ2v) is 5.38. The van der Waals surface area contributed by atoms with Crippen molar-refractivity contribution < 1.29 is 9.50 Å². The highest BCUT2D eigenvalue weighted by Crippen LogP contribution is 2.34. The van der Waals surface area contributed by atoms with Crippen LogP contribution in [0.25, 0.3) is 0 Å². The number of hydrogen-bond donors (Lipinski definition) is 1. The van der Waals surface area contributed by atoms with Gasteiger partial charge in [-0.1, -0.05) is 36.7 Å². The summed E-state index contributed by atoms with van der Waals surface area (Å²) in [5, 5.41) is 15.6. The second-order valence-electron chi connectivity index (χ2n) is 5.02. The highest BCUT2D eigenvalue weighted by atomic mass is 35.5. The van der Waals surface area contributed by atoms with Crippen LogP contribution in [0, 0.1) is 12.7 Å². The molecule has 0 aliphatic rings. The average Bonchev–Trinajstić information content (AvgIpc) is 2.65. The molecule has 1 unspecified atom stereocenters. The molecule has 1 atom stereocenters. The van der Waals surface area contributed by atoms with Gasteiger partial charge in [0.15, 0.2) is 0 Å². The van der Waals surface area contributed by atoms with Gasteiger partial charge in [-0.2, -0.15) is 5.10 Å². The Morgan fingerprint density at radius 3 is 2.55 bits per heavy atom. The monoisotopic (exact) mass is 296 g/mol. The maximum absolute atomic E-state index is 14.0. The van der Waals surface area contributed by atoms with E-state index >= 15 is 0 Å². The maximum Gasteiger partial charge on any atom is 0.130 e. The number of aryl methyl sites for hydroxylation is 2. The van der Waals surface area contributed by atoms with Gasteiger partial charge in [0.05, 0.1) is 11.3 Å². The van der Waals surface area contributed by atoms with Crippen molar-refractivity contribution in [1.82, 2.24) is 9.78 Å². The first-order chi connectivity index (χ1) is 9.39. The molecule has 0 fully saturated rings. The smallest absolute Gasteiger partial charge is 0.130 e. The van der Waals surface area contributed by atoms with Gasteiger partial charge in [-0.25, -0.2) is 4.39 Å². The fraction of sp³-hybridized carbons (Fsp3) is 0.400. The summed E-state index contributed by atoms with van der Waals surface area (Å²) >= 11 is 6.20. The molecule has 5 heteroatoms. The van der Waals surface area contributed by atoms with Gasteiger partial charge >= 0.3 is 0 Å².